The van der Waals surface area contributed by atoms with Crippen LogP contribution in [0.4, 0.5) is 0 Å². The van der Waals surface area contributed by atoms with Gasteiger partial charge in [0.2, 0.25) is 11.8 Å². The van der Waals surface area contributed by atoms with Gasteiger partial charge in [-0.25, -0.2) is 0 Å². The van der Waals surface area contributed by atoms with Crippen molar-refractivity contribution in [1.29, 1.82) is 0 Å². The molecule has 4 bridgehead atoms. The van der Waals surface area contributed by atoms with Crippen molar-refractivity contribution in [3.05, 3.63) is 29.8 Å². The summed E-state index contributed by atoms with van der Waals surface area (Å²) in [4.78, 5) is 42.6. The van der Waals surface area contributed by atoms with Gasteiger partial charge in [0.15, 0.2) is 0 Å². The second-order valence-electron chi connectivity index (χ2n) is 10.7. The van der Waals surface area contributed by atoms with Crippen molar-refractivity contribution in [3.63, 3.8) is 0 Å². The summed E-state index contributed by atoms with van der Waals surface area (Å²) < 4.78 is 12.1. The second-order valence-corrected chi connectivity index (χ2v) is 10.7. The monoisotopic (exact) mass is 514 g/mol. The SMILES string of the molecule is CC(=O)N1CCC(N2C[C@@H]3C[C@H]2C(=O)NC[C@H]2O[C@H](CCOc4ccccc4C(=O)N3)CC[C@@H]2O)CC1. The van der Waals surface area contributed by atoms with E-state index >= 15 is 0 Å². The zero-order chi connectivity index (χ0) is 25.9. The number of aliphatic hydroxyl groups is 1. The average Bonchev–Trinajstić information content (AvgIpc) is 3.32. The van der Waals surface area contributed by atoms with Crippen LogP contribution in [0.25, 0.3) is 0 Å². The highest BCUT2D eigenvalue weighted by molar-refractivity contribution is 5.97. The molecular formula is C27H38N4O6. The Kier molecular flexibility index (Phi) is 7.97. The van der Waals surface area contributed by atoms with Gasteiger partial charge in [-0.3, -0.25) is 19.3 Å². The summed E-state index contributed by atoms with van der Waals surface area (Å²) in [7, 11) is 0. The van der Waals surface area contributed by atoms with E-state index in [0.29, 0.717) is 63.2 Å². The number of fused-ring (bicyclic) bond motifs is 5. The van der Waals surface area contributed by atoms with Crippen LogP contribution in [0.3, 0.4) is 0 Å². The molecule has 37 heavy (non-hydrogen) atoms. The maximum atomic E-state index is 13.5. The number of amides is 3. The molecule has 10 nitrogen and oxygen atoms in total. The molecular weight excluding hydrogens is 476 g/mol. The van der Waals surface area contributed by atoms with E-state index in [1.165, 1.54) is 0 Å². The lowest BCUT2D eigenvalue weighted by molar-refractivity contribution is -0.135. The number of rotatable bonds is 1. The Morgan fingerprint density at radius 3 is 2.65 bits per heavy atom. The van der Waals surface area contributed by atoms with Crippen LogP contribution in [0.1, 0.15) is 55.8 Å². The molecule has 10 heteroatoms. The van der Waals surface area contributed by atoms with Crippen LogP contribution in [0.2, 0.25) is 0 Å². The van der Waals surface area contributed by atoms with Crippen molar-refractivity contribution >= 4 is 17.7 Å². The van der Waals surface area contributed by atoms with Crippen molar-refractivity contribution in [2.75, 3.05) is 32.8 Å². The van der Waals surface area contributed by atoms with Crippen LogP contribution >= 0.6 is 0 Å². The Morgan fingerprint density at radius 2 is 1.86 bits per heavy atom. The van der Waals surface area contributed by atoms with E-state index < -0.39 is 18.2 Å². The first-order valence-electron chi connectivity index (χ1n) is 13.5. The van der Waals surface area contributed by atoms with E-state index in [1.54, 1.807) is 19.1 Å². The summed E-state index contributed by atoms with van der Waals surface area (Å²) in [5.74, 6) is 0.277. The summed E-state index contributed by atoms with van der Waals surface area (Å²) >= 11 is 0. The van der Waals surface area contributed by atoms with Crippen LogP contribution in [0, 0.1) is 0 Å². The number of likely N-dealkylation sites (tertiary alicyclic amines) is 2. The standard InChI is InChI=1S/C27H38N4O6/c1-17(32)30-11-8-19(9-12-30)31-16-18-14-22(31)27(35)28-15-25-23(33)7-6-20(37-25)10-13-36-24-5-3-2-4-21(24)26(34)29-18/h2-5,18-20,22-23,25,33H,6-16H2,1H3,(H,28,35)(H,29,34)/t18-,20-,22-,23-,25+/m0/s1. The minimum absolute atomic E-state index is 0.0712. The predicted molar refractivity (Wildman–Crippen MR) is 135 cm³/mol. The van der Waals surface area contributed by atoms with Gasteiger partial charge in [-0.2, -0.15) is 0 Å². The average molecular weight is 515 g/mol. The molecule has 202 valence electrons. The molecule has 4 aliphatic heterocycles. The van der Waals surface area contributed by atoms with Gasteiger partial charge in [0.1, 0.15) is 11.9 Å². The molecule has 0 saturated carbocycles. The number of nitrogens with one attached hydrogen (secondary N) is 2. The van der Waals surface area contributed by atoms with Gasteiger partial charge in [-0.05, 0) is 44.2 Å². The summed E-state index contributed by atoms with van der Waals surface area (Å²) in [5.41, 5.74) is 0.474. The molecule has 4 heterocycles. The summed E-state index contributed by atoms with van der Waals surface area (Å²) in [6, 6.07) is 6.76. The molecule has 5 atom stereocenters. The highest BCUT2D eigenvalue weighted by atomic mass is 16.5. The fourth-order valence-electron chi connectivity index (χ4n) is 6.15. The molecule has 3 amide bonds. The van der Waals surface area contributed by atoms with E-state index in [-0.39, 0.29) is 42.5 Å². The molecule has 0 aromatic heterocycles. The van der Waals surface area contributed by atoms with Crippen LogP contribution < -0.4 is 15.4 Å². The molecule has 3 N–H and O–H groups in total. The number of carbonyl (C=O) groups is 3. The van der Waals surface area contributed by atoms with Crippen molar-refractivity contribution < 1.29 is 29.0 Å². The van der Waals surface area contributed by atoms with Crippen LogP contribution in [0.15, 0.2) is 24.3 Å². The molecule has 0 unspecified atom stereocenters. The van der Waals surface area contributed by atoms with Crippen LogP contribution in [-0.4, -0.2) is 102 Å². The molecule has 5 rings (SSSR count). The topological polar surface area (TPSA) is 120 Å². The smallest absolute Gasteiger partial charge is 0.255 e. The zero-order valence-electron chi connectivity index (χ0n) is 21.4. The van der Waals surface area contributed by atoms with Gasteiger partial charge in [0, 0.05) is 51.6 Å². The number of hydrogen-bond acceptors (Lipinski definition) is 7. The van der Waals surface area contributed by atoms with Crippen LogP contribution in [-0.2, 0) is 14.3 Å². The van der Waals surface area contributed by atoms with Gasteiger partial charge in [0.25, 0.3) is 5.91 Å². The molecule has 3 fully saturated rings. The number of para-hydroxylation sites is 1. The van der Waals surface area contributed by atoms with Gasteiger partial charge in [-0.15, -0.1) is 0 Å². The van der Waals surface area contributed by atoms with Gasteiger partial charge < -0.3 is 30.1 Å². The third kappa shape index (κ3) is 5.91. The Balaban J connectivity index is 1.37. The molecule has 0 spiro atoms. The van der Waals surface area contributed by atoms with E-state index in [0.717, 1.165) is 12.8 Å². The fourth-order valence-corrected chi connectivity index (χ4v) is 6.15. The van der Waals surface area contributed by atoms with Gasteiger partial charge >= 0.3 is 0 Å². The minimum atomic E-state index is -0.625. The number of aliphatic hydroxyl groups excluding tert-OH is 1. The largest absolute Gasteiger partial charge is 0.493 e. The van der Waals surface area contributed by atoms with E-state index in [4.69, 9.17) is 9.47 Å². The first-order chi connectivity index (χ1) is 17.9. The number of hydrogen-bond donors (Lipinski definition) is 3. The predicted octanol–water partition coefficient (Wildman–Crippen LogP) is 0.677. The third-order valence-electron chi connectivity index (χ3n) is 8.24. The molecule has 1 aromatic carbocycles. The fraction of sp³-hybridized carbons (Fsp3) is 0.667. The molecule has 0 aliphatic carbocycles. The Morgan fingerprint density at radius 1 is 1.08 bits per heavy atom. The van der Waals surface area contributed by atoms with E-state index in [2.05, 4.69) is 15.5 Å². The third-order valence-corrected chi connectivity index (χ3v) is 8.24. The summed E-state index contributed by atoms with van der Waals surface area (Å²) in [6.45, 7) is 4.10. The lowest BCUT2D eigenvalue weighted by Gasteiger charge is -2.39. The number of ether oxygens (including phenoxy) is 2. The van der Waals surface area contributed by atoms with Crippen molar-refractivity contribution in [1.82, 2.24) is 20.4 Å². The van der Waals surface area contributed by atoms with Gasteiger partial charge in [0.05, 0.1) is 30.4 Å². The lowest BCUT2D eigenvalue weighted by atomic mass is 9.99. The Hall–Kier alpha value is -2.69. The molecule has 4 aliphatic rings. The van der Waals surface area contributed by atoms with E-state index in [1.807, 2.05) is 17.0 Å². The quantitative estimate of drug-likeness (QED) is 0.504. The first kappa shape index (κ1) is 25.9. The normalized spacial score (nSPS) is 32.2. The van der Waals surface area contributed by atoms with Crippen molar-refractivity contribution in [3.8, 4) is 5.75 Å². The number of nitrogens with zero attached hydrogens (tertiary/aromatic N) is 2. The molecule has 3 saturated heterocycles. The van der Waals surface area contributed by atoms with Crippen LogP contribution in [0.5, 0.6) is 5.75 Å². The number of carbonyl (C=O) groups excluding carboxylic acids is 3. The maximum absolute atomic E-state index is 13.5. The maximum Gasteiger partial charge on any atom is 0.255 e. The number of piperidine rings is 1. The highest BCUT2D eigenvalue weighted by Gasteiger charge is 2.42. The Labute approximate surface area is 217 Å². The number of benzene rings is 1. The Bertz CT molecular complexity index is 997. The second kappa shape index (κ2) is 11.4. The van der Waals surface area contributed by atoms with Gasteiger partial charge in [-0.1, -0.05) is 12.1 Å². The van der Waals surface area contributed by atoms with E-state index in [9.17, 15) is 19.5 Å². The summed E-state index contributed by atoms with van der Waals surface area (Å²) in [6.07, 6.45) is 2.84. The molecule has 1 aromatic rings. The first-order valence-corrected chi connectivity index (χ1v) is 13.5. The summed E-state index contributed by atoms with van der Waals surface area (Å²) in [5, 5.41) is 16.7. The minimum Gasteiger partial charge on any atom is -0.493 e. The highest BCUT2D eigenvalue weighted by Crippen LogP contribution is 2.29. The molecule has 0 radical (unpaired) electrons. The van der Waals surface area contributed by atoms with Crippen molar-refractivity contribution in [2.24, 2.45) is 0 Å². The lowest BCUT2D eigenvalue weighted by Crippen LogP contribution is -2.54. The van der Waals surface area contributed by atoms with Crippen molar-refractivity contribution in [2.45, 2.75) is 81.9 Å². The zero-order valence-corrected chi connectivity index (χ0v) is 21.4.